The molecular weight excluding hydrogens is 275 g/mol. The van der Waals surface area contributed by atoms with E-state index in [0.29, 0.717) is 16.9 Å². The predicted molar refractivity (Wildman–Crippen MR) is 73.3 cm³/mol. The molecule has 0 atom stereocenters. The van der Waals surface area contributed by atoms with E-state index in [1.807, 2.05) is 6.07 Å². The van der Waals surface area contributed by atoms with Crippen molar-refractivity contribution in [3.05, 3.63) is 58.9 Å². The number of halogens is 1. The zero-order valence-corrected chi connectivity index (χ0v) is 10.8. The maximum absolute atomic E-state index is 13.2. The van der Waals surface area contributed by atoms with Gasteiger partial charge in [-0.15, -0.1) is 0 Å². The van der Waals surface area contributed by atoms with Crippen LogP contribution >= 0.6 is 0 Å². The van der Waals surface area contributed by atoms with E-state index < -0.39 is 11.8 Å². The standard InChI is InChI=1S/C15H11FN2O3/c16-11-2-1-9(7-17)10(5-11)8-21-12-3-4-13(15(19)20)14(18)6-12/h1-6H,8,18H2,(H,19,20). The highest BCUT2D eigenvalue weighted by molar-refractivity contribution is 5.93. The predicted octanol–water partition coefficient (Wildman–Crippen LogP) is 2.56. The van der Waals surface area contributed by atoms with Gasteiger partial charge in [0, 0.05) is 17.3 Å². The SMILES string of the molecule is N#Cc1ccc(F)cc1COc1ccc(C(=O)O)c(N)c1. The number of aromatic carboxylic acids is 1. The van der Waals surface area contributed by atoms with Gasteiger partial charge in [-0.3, -0.25) is 0 Å². The molecule has 21 heavy (non-hydrogen) atoms. The number of carbonyl (C=O) groups is 1. The number of carboxylic acids is 1. The minimum absolute atomic E-state index is 0.0213. The molecule has 6 heteroatoms. The molecule has 106 valence electrons. The van der Waals surface area contributed by atoms with E-state index in [9.17, 15) is 9.18 Å². The molecule has 0 aromatic heterocycles. The molecule has 2 aromatic carbocycles. The molecule has 0 radical (unpaired) electrons. The van der Waals surface area contributed by atoms with Crippen molar-refractivity contribution in [3.63, 3.8) is 0 Å². The fraction of sp³-hybridized carbons (Fsp3) is 0.0667. The normalized spacial score (nSPS) is 9.90. The van der Waals surface area contributed by atoms with E-state index in [-0.39, 0.29) is 17.9 Å². The van der Waals surface area contributed by atoms with Gasteiger partial charge in [0.1, 0.15) is 18.2 Å². The number of anilines is 1. The van der Waals surface area contributed by atoms with Crippen molar-refractivity contribution in [1.29, 1.82) is 5.26 Å². The van der Waals surface area contributed by atoms with Crippen LogP contribution < -0.4 is 10.5 Å². The van der Waals surface area contributed by atoms with Crippen LogP contribution in [0.5, 0.6) is 5.75 Å². The number of hydrogen-bond donors (Lipinski definition) is 2. The van der Waals surface area contributed by atoms with Crippen LogP contribution in [-0.4, -0.2) is 11.1 Å². The van der Waals surface area contributed by atoms with Crippen molar-refractivity contribution in [2.24, 2.45) is 0 Å². The second-order valence-electron chi connectivity index (χ2n) is 4.26. The molecule has 0 heterocycles. The van der Waals surface area contributed by atoms with Gasteiger partial charge in [-0.2, -0.15) is 5.26 Å². The van der Waals surface area contributed by atoms with E-state index in [1.165, 1.54) is 36.4 Å². The van der Waals surface area contributed by atoms with Gasteiger partial charge in [-0.05, 0) is 30.3 Å². The molecule has 3 N–H and O–H groups in total. The molecule has 0 aliphatic carbocycles. The molecule has 5 nitrogen and oxygen atoms in total. The molecule has 0 bridgehead atoms. The fourth-order valence-corrected chi connectivity index (χ4v) is 1.78. The summed E-state index contributed by atoms with van der Waals surface area (Å²) in [6.45, 7) is -0.0213. The summed E-state index contributed by atoms with van der Waals surface area (Å²) in [5.74, 6) is -1.25. The van der Waals surface area contributed by atoms with E-state index in [0.717, 1.165) is 0 Å². The third-order valence-corrected chi connectivity index (χ3v) is 2.84. The van der Waals surface area contributed by atoms with Crippen molar-refractivity contribution in [1.82, 2.24) is 0 Å². The molecule has 2 aromatic rings. The molecule has 0 unspecified atom stereocenters. The van der Waals surface area contributed by atoms with Crippen molar-refractivity contribution < 1.29 is 19.0 Å². The van der Waals surface area contributed by atoms with Crippen LogP contribution in [0, 0.1) is 17.1 Å². The zero-order valence-electron chi connectivity index (χ0n) is 10.8. The minimum atomic E-state index is -1.13. The molecular formula is C15H11FN2O3. The van der Waals surface area contributed by atoms with Gasteiger partial charge < -0.3 is 15.6 Å². The maximum atomic E-state index is 13.2. The highest BCUT2D eigenvalue weighted by atomic mass is 19.1. The Labute approximate surface area is 120 Å². The lowest BCUT2D eigenvalue weighted by Gasteiger charge is -2.09. The number of nitrogen functional groups attached to an aromatic ring is 1. The number of nitriles is 1. The Kier molecular flexibility index (Phi) is 4.05. The molecule has 0 saturated carbocycles. The number of benzene rings is 2. The van der Waals surface area contributed by atoms with Crippen molar-refractivity contribution in [2.45, 2.75) is 6.61 Å². The summed E-state index contributed by atoms with van der Waals surface area (Å²) in [6.07, 6.45) is 0. The highest BCUT2D eigenvalue weighted by Crippen LogP contribution is 2.21. The third kappa shape index (κ3) is 3.28. The Bertz CT molecular complexity index is 738. The molecule has 2 rings (SSSR count). The summed E-state index contributed by atoms with van der Waals surface area (Å²) < 4.78 is 18.6. The molecule has 0 amide bonds. The van der Waals surface area contributed by atoms with Crippen molar-refractivity contribution >= 4 is 11.7 Å². The Morgan fingerprint density at radius 3 is 2.71 bits per heavy atom. The van der Waals surface area contributed by atoms with Crippen LogP contribution in [0.15, 0.2) is 36.4 Å². The monoisotopic (exact) mass is 286 g/mol. The molecule has 0 saturated heterocycles. The van der Waals surface area contributed by atoms with Crippen molar-refractivity contribution in [2.75, 3.05) is 5.73 Å². The minimum Gasteiger partial charge on any atom is -0.489 e. The third-order valence-electron chi connectivity index (χ3n) is 2.84. The largest absolute Gasteiger partial charge is 0.489 e. The summed E-state index contributed by atoms with van der Waals surface area (Å²) in [5.41, 5.74) is 6.36. The number of nitrogens with two attached hydrogens (primary N) is 1. The number of nitrogens with zero attached hydrogens (tertiary/aromatic N) is 1. The summed E-state index contributed by atoms with van der Waals surface area (Å²) in [6, 6.07) is 9.87. The summed E-state index contributed by atoms with van der Waals surface area (Å²) >= 11 is 0. The van der Waals surface area contributed by atoms with E-state index in [1.54, 1.807) is 0 Å². The van der Waals surface area contributed by atoms with Gasteiger partial charge in [-0.25, -0.2) is 9.18 Å². The van der Waals surface area contributed by atoms with Gasteiger partial charge >= 0.3 is 5.97 Å². The first kappa shape index (κ1) is 14.3. The van der Waals surface area contributed by atoms with Crippen LogP contribution in [0.4, 0.5) is 10.1 Å². The molecule has 0 fully saturated rings. The summed E-state index contributed by atoms with van der Waals surface area (Å²) in [5, 5.41) is 17.8. The average Bonchev–Trinajstić information content (AvgIpc) is 2.45. The molecule has 0 spiro atoms. The summed E-state index contributed by atoms with van der Waals surface area (Å²) in [4.78, 5) is 10.8. The lowest BCUT2D eigenvalue weighted by molar-refractivity contribution is 0.0698. The molecule has 0 aliphatic heterocycles. The first-order valence-corrected chi connectivity index (χ1v) is 5.95. The van der Waals surface area contributed by atoms with Gasteiger partial charge in [0.2, 0.25) is 0 Å². The number of carboxylic acid groups (broad SMARTS) is 1. The van der Waals surface area contributed by atoms with Crippen LogP contribution in [0.3, 0.4) is 0 Å². The number of ether oxygens (including phenoxy) is 1. The van der Waals surface area contributed by atoms with Gasteiger partial charge in [0.25, 0.3) is 0 Å². The Hall–Kier alpha value is -3.07. The van der Waals surface area contributed by atoms with Gasteiger partial charge in [-0.1, -0.05) is 0 Å². The first-order chi connectivity index (χ1) is 10.0. The quantitative estimate of drug-likeness (QED) is 0.842. The lowest BCUT2D eigenvalue weighted by Crippen LogP contribution is -2.04. The zero-order chi connectivity index (χ0) is 15.4. The van der Waals surface area contributed by atoms with Crippen LogP contribution in [0.25, 0.3) is 0 Å². The summed E-state index contributed by atoms with van der Waals surface area (Å²) in [7, 11) is 0. The van der Waals surface area contributed by atoms with Crippen LogP contribution in [-0.2, 0) is 6.61 Å². The highest BCUT2D eigenvalue weighted by Gasteiger charge is 2.09. The van der Waals surface area contributed by atoms with E-state index in [2.05, 4.69) is 0 Å². The van der Waals surface area contributed by atoms with E-state index >= 15 is 0 Å². The Balaban J connectivity index is 2.17. The Morgan fingerprint density at radius 1 is 1.33 bits per heavy atom. The Morgan fingerprint density at radius 2 is 2.10 bits per heavy atom. The smallest absolute Gasteiger partial charge is 0.337 e. The van der Waals surface area contributed by atoms with Gasteiger partial charge in [0.05, 0.1) is 17.2 Å². The van der Waals surface area contributed by atoms with Crippen molar-refractivity contribution in [3.8, 4) is 11.8 Å². The number of rotatable bonds is 4. The average molecular weight is 286 g/mol. The first-order valence-electron chi connectivity index (χ1n) is 5.95. The van der Waals surface area contributed by atoms with Gasteiger partial charge in [0.15, 0.2) is 0 Å². The van der Waals surface area contributed by atoms with Crippen LogP contribution in [0.2, 0.25) is 0 Å². The number of hydrogen-bond acceptors (Lipinski definition) is 4. The van der Waals surface area contributed by atoms with E-state index in [4.69, 9.17) is 20.8 Å². The van der Waals surface area contributed by atoms with Crippen LogP contribution in [0.1, 0.15) is 21.5 Å². The second-order valence-corrected chi connectivity index (χ2v) is 4.26. The topological polar surface area (TPSA) is 96.3 Å². The molecule has 0 aliphatic rings. The second kappa shape index (κ2) is 5.92. The lowest BCUT2D eigenvalue weighted by atomic mass is 10.1. The fourth-order valence-electron chi connectivity index (χ4n) is 1.78. The maximum Gasteiger partial charge on any atom is 0.337 e.